The summed E-state index contributed by atoms with van der Waals surface area (Å²) in [5.41, 5.74) is 2.63. The Morgan fingerprint density at radius 2 is 1.33 bits per heavy atom. The van der Waals surface area contributed by atoms with E-state index in [1.54, 1.807) is 48.5 Å². The number of anilines is 3. The van der Waals surface area contributed by atoms with Crippen molar-refractivity contribution in [3.63, 3.8) is 0 Å². The van der Waals surface area contributed by atoms with E-state index in [4.69, 9.17) is 0 Å². The summed E-state index contributed by atoms with van der Waals surface area (Å²) in [5, 5.41) is 15.4. The number of rotatable bonds is 4. The number of para-hydroxylation sites is 2. The summed E-state index contributed by atoms with van der Waals surface area (Å²) in [5.74, 6) is 0.649. The molecule has 27 heavy (non-hydrogen) atoms. The Balaban J connectivity index is 1.72. The predicted molar refractivity (Wildman–Crippen MR) is 105 cm³/mol. The molecule has 3 N–H and O–H groups in total. The largest absolute Gasteiger partial charge is 0.508 e. The number of fused-ring (bicyclic) bond motifs is 1. The van der Waals surface area contributed by atoms with Gasteiger partial charge < -0.3 is 15.7 Å². The smallest absolute Gasteiger partial charge is 0.256 e. The number of phenols is 1. The van der Waals surface area contributed by atoms with Crippen LogP contribution < -0.4 is 10.6 Å². The fraction of sp³-hybridized carbons (Fsp3) is 0. The van der Waals surface area contributed by atoms with Gasteiger partial charge >= 0.3 is 0 Å². The molecule has 3 aromatic carbocycles. The van der Waals surface area contributed by atoms with Crippen molar-refractivity contribution < 1.29 is 9.90 Å². The third-order valence-corrected chi connectivity index (χ3v) is 3.97. The molecule has 0 aliphatic heterocycles. The minimum absolute atomic E-state index is 0.169. The molecule has 4 aromatic rings. The van der Waals surface area contributed by atoms with Crippen molar-refractivity contribution >= 4 is 34.3 Å². The Kier molecular flexibility index (Phi) is 4.37. The summed E-state index contributed by atoms with van der Waals surface area (Å²) in [6, 6.07) is 22.9. The summed E-state index contributed by atoms with van der Waals surface area (Å²) in [6.07, 6.45) is 0. The molecule has 1 aromatic heterocycles. The Labute approximate surface area is 155 Å². The number of carbonyl (C=O) groups is 1. The molecule has 0 aliphatic rings. The molecule has 4 rings (SSSR count). The van der Waals surface area contributed by atoms with Gasteiger partial charge in [-0.15, -0.1) is 0 Å². The van der Waals surface area contributed by atoms with Gasteiger partial charge in [-0.05, 0) is 48.5 Å². The van der Waals surface area contributed by atoms with Gasteiger partial charge in [0.25, 0.3) is 5.91 Å². The monoisotopic (exact) mass is 356 g/mol. The van der Waals surface area contributed by atoms with Crippen LogP contribution in [-0.4, -0.2) is 21.0 Å². The van der Waals surface area contributed by atoms with Crippen molar-refractivity contribution in [2.75, 3.05) is 10.6 Å². The maximum atomic E-state index is 12.6. The number of hydrogen-bond acceptors (Lipinski definition) is 5. The van der Waals surface area contributed by atoms with Crippen LogP contribution in [0.15, 0.2) is 78.9 Å². The second-order valence-electron chi connectivity index (χ2n) is 5.90. The maximum absolute atomic E-state index is 12.6. The lowest BCUT2D eigenvalue weighted by atomic mass is 10.2. The van der Waals surface area contributed by atoms with Crippen LogP contribution >= 0.6 is 0 Å². The van der Waals surface area contributed by atoms with Crippen molar-refractivity contribution in [2.24, 2.45) is 0 Å². The van der Waals surface area contributed by atoms with Crippen LogP contribution in [0.3, 0.4) is 0 Å². The van der Waals surface area contributed by atoms with Crippen LogP contribution in [0.25, 0.3) is 11.0 Å². The van der Waals surface area contributed by atoms with Gasteiger partial charge in [-0.3, -0.25) is 4.79 Å². The van der Waals surface area contributed by atoms with Gasteiger partial charge in [0.2, 0.25) is 0 Å². The van der Waals surface area contributed by atoms with Crippen LogP contribution in [0.2, 0.25) is 0 Å². The first-order valence-electron chi connectivity index (χ1n) is 8.38. The third-order valence-electron chi connectivity index (χ3n) is 3.97. The van der Waals surface area contributed by atoms with Crippen molar-refractivity contribution in [3.8, 4) is 5.75 Å². The first kappa shape index (κ1) is 16.5. The van der Waals surface area contributed by atoms with Crippen LogP contribution in [0.1, 0.15) is 10.4 Å². The molecule has 132 valence electrons. The highest BCUT2D eigenvalue weighted by Gasteiger charge is 2.13. The van der Waals surface area contributed by atoms with Gasteiger partial charge in [0.15, 0.2) is 11.6 Å². The molecule has 6 nitrogen and oxygen atoms in total. The Hall–Kier alpha value is -3.93. The van der Waals surface area contributed by atoms with Gasteiger partial charge in [-0.25, -0.2) is 9.97 Å². The average molecular weight is 356 g/mol. The minimum atomic E-state index is -0.270. The molecule has 0 fully saturated rings. The molecule has 6 heteroatoms. The van der Waals surface area contributed by atoms with Gasteiger partial charge in [0.1, 0.15) is 5.75 Å². The quantitative estimate of drug-likeness (QED) is 0.474. The lowest BCUT2D eigenvalue weighted by molar-refractivity contribution is 0.102. The topological polar surface area (TPSA) is 87.1 Å². The van der Waals surface area contributed by atoms with E-state index in [9.17, 15) is 9.90 Å². The van der Waals surface area contributed by atoms with Crippen LogP contribution in [0, 0.1) is 0 Å². The number of benzene rings is 3. The molecule has 0 aliphatic carbocycles. The molecule has 0 radical (unpaired) electrons. The summed E-state index contributed by atoms with van der Waals surface area (Å²) >= 11 is 0. The Morgan fingerprint density at radius 3 is 2.00 bits per heavy atom. The highest BCUT2D eigenvalue weighted by Crippen LogP contribution is 2.26. The zero-order valence-electron chi connectivity index (χ0n) is 14.3. The molecule has 0 bridgehead atoms. The van der Waals surface area contributed by atoms with Crippen molar-refractivity contribution in [1.82, 2.24) is 9.97 Å². The second-order valence-corrected chi connectivity index (χ2v) is 5.90. The van der Waals surface area contributed by atoms with E-state index < -0.39 is 0 Å². The maximum Gasteiger partial charge on any atom is 0.256 e. The normalized spacial score (nSPS) is 10.5. The molecular weight excluding hydrogens is 340 g/mol. The van der Waals surface area contributed by atoms with E-state index in [-0.39, 0.29) is 11.7 Å². The lowest BCUT2D eigenvalue weighted by Gasteiger charge is -2.13. The number of hydrogen-bond donors (Lipinski definition) is 3. The number of nitrogens with zero attached hydrogens (tertiary/aromatic N) is 2. The highest BCUT2D eigenvalue weighted by molar-refractivity contribution is 6.05. The van der Waals surface area contributed by atoms with Crippen molar-refractivity contribution in [3.05, 3.63) is 84.4 Å². The molecule has 0 atom stereocenters. The lowest BCUT2D eigenvalue weighted by Crippen LogP contribution is -2.15. The van der Waals surface area contributed by atoms with Gasteiger partial charge in [-0.2, -0.15) is 0 Å². The van der Waals surface area contributed by atoms with Crippen LogP contribution in [-0.2, 0) is 0 Å². The first-order valence-corrected chi connectivity index (χ1v) is 8.38. The van der Waals surface area contributed by atoms with E-state index in [1.165, 1.54) is 0 Å². The van der Waals surface area contributed by atoms with Gasteiger partial charge in [0, 0.05) is 11.3 Å². The van der Waals surface area contributed by atoms with Crippen LogP contribution in [0.4, 0.5) is 17.3 Å². The number of nitrogens with one attached hydrogen (secondary N) is 2. The van der Waals surface area contributed by atoms with Gasteiger partial charge in [-0.1, -0.05) is 30.3 Å². The summed E-state index contributed by atoms with van der Waals surface area (Å²) in [4.78, 5) is 21.7. The molecule has 0 spiro atoms. The van der Waals surface area contributed by atoms with E-state index in [1.807, 2.05) is 30.3 Å². The third kappa shape index (κ3) is 3.69. The Morgan fingerprint density at radius 1 is 0.741 bits per heavy atom. The van der Waals surface area contributed by atoms with Gasteiger partial charge in [0.05, 0.1) is 11.0 Å². The zero-order chi connectivity index (χ0) is 18.6. The summed E-state index contributed by atoms with van der Waals surface area (Å²) in [6.45, 7) is 0. The number of amides is 1. The van der Waals surface area contributed by atoms with E-state index in [0.29, 0.717) is 33.9 Å². The fourth-order valence-electron chi connectivity index (χ4n) is 2.63. The molecule has 1 amide bonds. The molecule has 1 heterocycles. The predicted octanol–water partition coefficient (Wildman–Crippen LogP) is 4.33. The fourth-order valence-corrected chi connectivity index (χ4v) is 2.63. The van der Waals surface area contributed by atoms with E-state index in [0.717, 1.165) is 0 Å². The van der Waals surface area contributed by atoms with Crippen molar-refractivity contribution in [1.29, 1.82) is 0 Å². The average Bonchev–Trinajstić information content (AvgIpc) is 2.70. The SMILES string of the molecule is O=C(Nc1nc2ccccc2nc1Nc1ccc(O)cc1)c1ccccc1. The first-order chi connectivity index (χ1) is 13.2. The molecule has 0 unspecified atom stereocenters. The Bertz CT molecular complexity index is 1100. The van der Waals surface area contributed by atoms with Crippen molar-refractivity contribution in [2.45, 2.75) is 0 Å². The number of aromatic nitrogens is 2. The summed E-state index contributed by atoms with van der Waals surface area (Å²) < 4.78 is 0. The number of phenolic OH excluding ortho intramolecular Hbond substituents is 1. The molecule has 0 saturated carbocycles. The number of carbonyl (C=O) groups excluding carboxylic acids is 1. The molecule has 0 saturated heterocycles. The molecular formula is C21H16N4O2. The number of aromatic hydroxyl groups is 1. The zero-order valence-corrected chi connectivity index (χ0v) is 14.3. The summed E-state index contributed by atoms with van der Waals surface area (Å²) in [7, 11) is 0. The second kappa shape index (κ2) is 7.13. The minimum Gasteiger partial charge on any atom is -0.508 e. The van der Waals surface area contributed by atoms with E-state index >= 15 is 0 Å². The standard InChI is InChI=1S/C21H16N4O2/c26-16-12-10-15(11-13-16)22-19-20(24-18-9-5-4-8-17(18)23-19)25-21(27)14-6-2-1-3-7-14/h1-13,26H,(H,22,23)(H,24,25,27). The van der Waals surface area contributed by atoms with E-state index in [2.05, 4.69) is 20.6 Å². The highest BCUT2D eigenvalue weighted by atomic mass is 16.3. The van der Waals surface area contributed by atoms with Crippen LogP contribution in [0.5, 0.6) is 5.75 Å².